The molecule has 4 nitrogen and oxygen atoms in total. The maximum atomic E-state index is 12.3. The fourth-order valence-electron chi connectivity index (χ4n) is 2.90. The van der Waals surface area contributed by atoms with Gasteiger partial charge in [-0.05, 0) is 43.5 Å². The van der Waals surface area contributed by atoms with E-state index in [1.165, 1.54) is 5.69 Å². The third-order valence-corrected chi connectivity index (χ3v) is 5.74. The Labute approximate surface area is 138 Å². The number of rotatable bonds is 5. The summed E-state index contributed by atoms with van der Waals surface area (Å²) in [4.78, 5) is 2.64. The van der Waals surface area contributed by atoms with Crippen molar-refractivity contribution >= 4 is 15.7 Å². The van der Waals surface area contributed by atoms with E-state index in [-0.39, 0.29) is 0 Å². The van der Waals surface area contributed by atoms with Crippen molar-refractivity contribution in [3.8, 4) is 0 Å². The maximum absolute atomic E-state index is 12.3. The number of aryl methyl sites for hydroxylation is 1. The second kappa shape index (κ2) is 6.72. The molecule has 122 valence electrons. The molecule has 0 aliphatic carbocycles. The smallest absolute Gasteiger partial charge is 0.240 e. The molecule has 0 radical (unpaired) electrons. The van der Waals surface area contributed by atoms with E-state index < -0.39 is 10.0 Å². The van der Waals surface area contributed by atoms with Gasteiger partial charge in [-0.3, -0.25) is 0 Å². The Morgan fingerprint density at radius 1 is 1.09 bits per heavy atom. The minimum Gasteiger partial charge on any atom is -0.371 e. The van der Waals surface area contributed by atoms with E-state index in [1.807, 2.05) is 37.3 Å². The molecule has 3 rings (SSSR count). The van der Waals surface area contributed by atoms with Crippen LogP contribution >= 0.6 is 0 Å². The van der Waals surface area contributed by atoms with Crippen LogP contribution in [-0.2, 0) is 10.0 Å². The number of nitrogens with one attached hydrogen (secondary N) is 1. The van der Waals surface area contributed by atoms with Gasteiger partial charge >= 0.3 is 0 Å². The van der Waals surface area contributed by atoms with Crippen molar-refractivity contribution in [3.63, 3.8) is 0 Å². The normalized spacial score (nSPS) is 18.3. The summed E-state index contributed by atoms with van der Waals surface area (Å²) in [6, 6.07) is 17.2. The first-order valence-corrected chi connectivity index (χ1v) is 9.39. The van der Waals surface area contributed by atoms with E-state index in [0.717, 1.165) is 25.1 Å². The van der Waals surface area contributed by atoms with E-state index in [4.69, 9.17) is 0 Å². The molecular weight excluding hydrogens is 308 g/mol. The van der Waals surface area contributed by atoms with Crippen LogP contribution in [0.5, 0.6) is 0 Å². The lowest BCUT2D eigenvalue weighted by atomic mass is 10.1. The van der Waals surface area contributed by atoms with Crippen molar-refractivity contribution in [2.75, 3.05) is 24.5 Å². The van der Waals surface area contributed by atoms with E-state index in [1.54, 1.807) is 12.1 Å². The van der Waals surface area contributed by atoms with Crippen molar-refractivity contribution < 1.29 is 8.42 Å². The number of anilines is 1. The van der Waals surface area contributed by atoms with Crippen molar-refractivity contribution in [3.05, 3.63) is 60.2 Å². The Kier molecular flexibility index (Phi) is 4.68. The van der Waals surface area contributed by atoms with Gasteiger partial charge in [-0.1, -0.05) is 35.9 Å². The number of sulfonamides is 1. The van der Waals surface area contributed by atoms with Gasteiger partial charge in [0.05, 0.1) is 4.90 Å². The molecule has 0 saturated carbocycles. The summed E-state index contributed by atoms with van der Waals surface area (Å²) in [7, 11) is -3.42. The first-order chi connectivity index (χ1) is 11.0. The highest BCUT2D eigenvalue weighted by molar-refractivity contribution is 7.89. The highest BCUT2D eigenvalue weighted by atomic mass is 32.2. The lowest BCUT2D eigenvalue weighted by molar-refractivity contribution is 0.541. The van der Waals surface area contributed by atoms with Gasteiger partial charge in [0.25, 0.3) is 0 Å². The lowest BCUT2D eigenvalue weighted by Crippen LogP contribution is -2.31. The molecule has 23 heavy (non-hydrogen) atoms. The fourth-order valence-corrected chi connectivity index (χ4v) is 4.02. The number of nitrogens with zero attached hydrogens (tertiary/aromatic N) is 1. The predicted molar refractivity (Wildman–Crippen MR) is 93.1 cm³/mol. The quantitative estimate of drug-likeness (QED) is 0.917. The number of para-hydroxylation sites is 1. The summed E-state index contributed by atoms with van der Waals surface area (Å²) in [5.41, 5.74) is 2.26. The molecule has 2 aromatic carbocycles. The van der Waals surface area contributed by atoms with Crippen LogP contribution in [0.25, 0.3) is 0 Å². The van der Waals surface area contributed by atoms with Crippen LogP contribution in [0.2, 0.25) is 0 Å². The second-order valence-electron chi connectivity index (χ2n) is 6.10. The molecular formula is C18H22N2O2S. The molecule has 5 heteroatoms. The van der Waals surface area contributed by atoms with E-state index >= 15 is 0 Å². The first kappa shape index (κ1) is 16.0. The van der Waals surface area contributed by atoms with Gasteiger partial charge in [0.2, 0.25) is 10.0 Å². The van der Waals surface area contributed by atoms with Gasteiger partial charge < -0.3 is 4.90 Å². The van der Waals surface area contributed by atoms with Gasteiger partial charge in [-0.2, -0.15) is 0 Å². The van der Waals surface area contributed by atoms with Crippen LogP contribution in [0.15, 0.2) is 59.5 Å². The van der Waals surface area contributed by atoms with Gasteiger partial charge in [-0.15, -0.1) is 0 Å². The van der Waals surface area contributed by atoms with Crippen LogP contribution in [0.1, 0.15) is 12.0 Å². The van der Waals surface area contributed by atoms with Crippen molar-refractivity contribution in [1.29, 1.82) is 0 Å². The predicted octanol–water partition coefficient (Wildman–Crippen LogP) is 2.80. The third-order valence-electron chi connectivity index (χ3n) is 4.30. The zero-order chi connectivity index (χ0) is 16.3. The highest BCUT2D eigenvalue weighted by Gasteiger charge is 2.24. The Hall–Kier alpha value is -1.85. The molecule has 1 N–H and O–H groups in total. The molecule has 1 unspecified atom stereocenters. The molecule has 1 atom stereocenters. The Morgan fingerprint density at radius 3 is 2.48 bits per heavy atom. The molecule has 1 aliphatic rings. The van der Waals surface area contributed by atoms with Crippen molar-refractivity contribution in [1.82, 2.24) is 4.72 Å². The number of hydrogen-bond acceptors (Lipinski definition) is 3. The largest absolute Gasteiger partial charge is 0.371 e. The minimum atomic E-state index is -3.42. The van der Waals surface area contributed by atoms with Gasteiger partial charge in [-0.25, -0.2) is 13.1 Å². The van der Waals surface area contributed by atoms with Crippen LogP contribution < -0.4 is 9.62 Å². The highest BCUT2D eigenvalue weighted by Crippen LogP contribution is 2.23. The molecule has 0 bridgehead atoms. The number of hydrogen-bond donors (Lipinski definition) is 1. The van der Waals surface area contributed by atoms with Crippen LogP contribution in [-0.4, -0.2) is 28.1 Å². The Bertz CT molecular complexity index is 742. The average Bonchev–Trinajstić information content (AvgIpc) is 3.03. The van der Waals surface area contributed by atoms with Crippen molar-refractivity contribution in [2.24, 2.45) is 5.92 Å². The molecule has 1 aliphatic heterocycles. The summed E-state index contributed by atoms with van der Waals surface area (Å²) in [5.74, 6) is 0.343. The average molecular weight is 330 g/mol. The molecule has 0 aromatic heterocycles. The molecule has 0 amide bonds. The summed E-state index contributed by atoms with van der Waals surface area (Å²) in [5, 5.41) is 0. The van der Waals surface area contributed by atoms with E-state index in [9.17, 15) is 8.42 Å². The van der Waals surface area contributed by atoms with Gasteiger partial charge in [0, 0.05) is 25.3 Å². The van der Waals surface area contributed by atoms with Gasteiger partial charge in [0.15, 0.2) is 0 Å². The van der Waals surface area contributed by atoms with Crippen LogP contribution in [0.3, 0.4) is 0 Å². The standard InChI is InChI=1S/C18H22N2O2S/c1-15-7-9-18(10-8-15)23(21,22)19-13-16-11-12-20(14-16)17-5-3-2-4-6-17/h2-10,16,19H,11-14H2,1H3. The molecule has 1 saturated heterocycles. The maximum Gasteiger partial charge on any atom is 0.240 e. The molecule has 2 aromatic rings. The molecule has 1 heterocycles. The van der Waals surface area contributed by atoms with Gasteiger partial charge in [0.1, 0.15) is 0 Å². The third kappa shape index (κ3) is 3.92. The van der Waals surface area contributed by atoms with Crippen LogP contribution in [0.4, 0.5) is 5.69 Å². The van der Waals surface area contributed by atoms with E-state index in [2.05, 4.69) is 21.8 Å². The SMILES string of the molecule is Cc1ccc(S(=O)(=O)NCC2CCN(c3ccccc3)C2)cc1. The molecule has 0 spiro atoms. The summed E-state index contributed by atoms with van der Waals surface area (Å²) >= 11 is 0. The Morgan fingerprint density at radius 2 is 1.78 bits per heavy atom. The fraction of sp³-hybridized carbons (Fsp3) is 0.333. The minimum absolute atomic E-state index is 0.334. The topological polar surface area (TPSA) is 49.4 Å². The van der Waals surface area contributed by atoms with E-state index in [0.29, 0.717) is 17.4 Å². The summed E-state index contributed by atoms with van der Waals surface area (Å²) in [6.45, 7) is 4.29. The van der Waals surface area contributed by atoms with Crippen LogP contribution in [0, 0.1) is 12.8 Å². The lowest BCUT2D eigenvalue weighted by Gasteiger charge is -2.18. The summed E-state index contributed by atoms with van der Waals surface area (Å²) < 4.78 is 27.4. The Balaban J connectivity index is 1.58. The number of benzene rings is 2. The monoisotopic (exact) mass is 330 g/mol. The first-order valence-electron chi connectivity index (χ1n) is 7.91. The van der Waals surface area contributed by atoms with Crippen molar-refractivity contribution in [2.45, 2.75) is 18.2 Å². The second-order valence-corrected chi connectivity index (χ2v) is 7.87. The zero-order valence-electron chi connectivity index (χ0n) is 13.3. The molecule has 1 fully saturated rings. The zero-order valence-corrected chi connectivity index (χ0v) is 14.1. The summed E-state index contributed by atoms with van der Waals surface area (Å²) in [6.07, 6.45) is 1.01.